The van der Waals surface area contributed by atoms with Gasteiger partial charge in [-0.2, -0.15) is 18.4 Å². The van der Waals surface area contributed by atoms with Gasteiger partial charge in [-0.3, -0.25) is 9.36 Å². The number of nitriles is 1. The van der Waals surface area contributed by atoms with Crippen LogP contribution in [0.5, 0.6) is 11.5 Å². The van der Waals surface area contributed by atoms with E-state index in [0.717, 1.165) is 23.9 Å². The number of carbonyl (C=O) groups excluding carboxylic acids is 1. The van der Waals surface area contributed by atoms with Gasteiger partial charge in [0.15, 0.2) is 16.8 Å². The SMILES string of the molecule is COc1ccc(OCc2nnc(SCC(=O)/C(C#N)=C(\C)N)n2-c2cccc(C(F)(F)F)c2)cc1. The summed E-state index contributed by atoms with van der Waals surface area (Å²) in [6.07, 6.45) is -4.56. The molecule has 0 amide bonds. The van der Waals surface area contributed by atoms with E-state index in [4.69, 9.17) is 20.5 Å². The summed E-state index contributed by atoms with van der Waals surface area (Å²) in [6, 6.07) is 13.1. The summed E-state index contributed by atoms with van der Waals surface area (Å²) < 4.78 is 52.2. The van der Waals surface area contributed by atoms with Gasteiger partial charge in [-0.15, -0.1) is 10.2 Å². The summed E-state index contributed by atoms with van der Waals surface area (Å²) in [5, 5.41) is 17.4. The van der Waals surface area contributed by atoms with Crippen LogP contribution in [0.25, 0.3) is 5.69 Å². The van der Waals surface area contributed by atoms with Crippen LogP contribution in [0, 0.1) is 11.3 Å². The summed E-state index contributed by atoms with van der Waals surface area (Å²) in [4.78, 5) is 12.4. The van der Waals surface area contributed by atoms with Gasteiger partial charge in [0.05, 0.1) is 24.1 Å². The van der Waals surface area contributed by atoms with Crippen LogP contribution in [0.15, 0.2) is 65.0 Å². The first-order valence-corrected chi connectivity index (χ1v) is 11.0. The number of ether oxygens (including phenoxy) is 2. The third-order valence-electron chi connectivity index (χ3n) is 4.68. The van der Waals surface area contributed by atoms with Crippen LogP contribution in [0.1, 0.15) is 18.3 Å². The fraction of sp³-hybridized carbons (Fsp3) is 0.217. The molecule has 35 heavy (non-hydrogen) atoms. The molecule has 0 aliphatic heterocycles. The molecule has 2 N–H and O–H groups in total. The van der Waals surface area contributed by atoms with Crippen molar-refractivity contribution in [2.75, 3.05) is 12.9 Å². The summed E-state index contributed by atoms with van der Waals surface area (Å²) in [5.74, 6) is 0.573. The molecule has 0 radical (unpaired) electrons. The van der Waals surface area contributed by atoms with E-state index >= 15 is 0 Å². The zero-order valence-corrected chi connectivity index (χ0v) is 19.5. The average Bonchev–Trinajstić information content (AvgIpc) is 3.24. The lowest BCUT2D eigenvalue weighted by molar-refractivity contribution is -0.137. The Bertz CT molecular complexity index is 1280. The number of carbonyl (C=O) groups is 1. The summed E-state index contributed by atoms with van der Waals surface area (Å²) >= 11 is 0.918. The van der Waals surface area contributed by atoms with Crippen LogP contribution < -0.4 is 15.2 Å². The van der Waals surface area contributed by atoms with Crippen molar-refractivity contribution in [2.45, 2.75) is 24.9 Å². The first-order valence-electron chi connectivity index (χ1n) is 10.0. The van der Waals surface area contributed by atoms with Crippen LogP contribution in [0.2, 0.25) is 0 Å². The smallest absolute Gasteiger partial charge is 0.416 e. The number of alkyl halides is 3. The van der Waals surface area contributed by atoms with Crippen molar-refractivity contribution in [2.24, 2.45) is 5.73 Å². The molecule has 0 bridgehead atoms. The number of ketones is 1. The molecule has 8 nitrogen and oxygen atoms in total. The number of thioether (sulfide) groups is 1. The van der Waals surface area contributed by atoms with Crippen molar-refractivity contribution in [3.63, 3.8) is 0 Å². The highest BCUT2D eigenvalue weighted by molar-refractivity contribution is 7.99. The van der Waals surface area contributed by atoms with Gasteiger partial charge in [-0.1, -0.05) is 17.8 Å². The summed E-state index contributed by atoms with van der Waals surface area (Å²) in [5.41, 5.74) is 4.74. The van der Waals surface area contributed by atoms with E-state index in [2.05, 4.69) is 10.2 Å². The Balaban J connectivity index is 1.93. The number of halogens is 3. The number of rotatable bonds is 9. The van der Waals surface area contributed by atoms with E-state index in [-0.39, 0.29) is 40.3 Å². The van der Waals surface area contributed by atoms with Gasteiger partial charge in [-0.05, 0) is 49.4 Å². The number of Topliss-reactive ketones (excluding diaryl/α,β-unsaturated/α-hetero) is 1. The number of allylic oxidation sites excluding steroid dienone is 2. The van der Waals surface area contributed by atoms with Gasteiger partial charge < -0.3 is 15.2 Å². The maximum Gasteiger partial charge on any atom is 0.416 e. The fourth-order valence-electron chi connectivity index (χ4n) is 2.96. The number of aromatic nitrogens is 3. The molecule has 2 aromatic carbocycles. The highest BCUT2D eigenvalue weighted by Crippen LogP contribution is 2.32. The van der Waals surface area contributed by atoms with Gasteiger partial charge in [0.25, 0.3) is 0 Å². The molecule has 1 heterocycles. The van der Waals surface area contributed by atoms with Crippen molar-refractivity contribution in [3.05, 3.63) is 71.2 Å². The maximum atomic E-state index is 13.3. The van der Waals surface area contributed by atoms with Crippen LogP contribution >= 0.6 is 11.8 Å². The van der Waals surface area contributed by atoms with Crippen molar-refractivity contribution in [3.8, 4) is 23.3 Å². The van der Waals surface area contributed by atoms with Gasteiger partial charge in [0.1, 0.15) is 29.7 Å². The topological polar surface area (TPSA) is 116 Å². The Kier molecular flexibility index (Phi) is 8.03. The zero-order chi connectivity index (χ0) is 25.6. The normalized spacial score (nSPS) is 12.0. The number of nitrogens with two attached hydrogens (primary N) is 1. The molecule has 3 aromatic rings. The Hall–Kier alpha value is -3.98. The molecule has 0 fully saturated rings. The second-order valence-corrected chi connectivity index (χ2v) is 8.07. The van der Waals surface area contributed by atoms with Crippen LogP contribution in [-0.4, -0.2) is 33.4 Å². The maximum absolute atomic E-state index is 13.3. The number of benzene rings is 2. The van der Waals surface area contributed by atoms with E-state index < -0.39 is 17.5 Å². The Morgan fingerprint density at radius 1 is 1.17 bits per heavy atom. The molecule has 12 heteroatoms. The Labute approximate surface area is 203 Å². The second kappa shape index (κ2) is 11.0. The minimum Gasteiger partial charge on any atom is -0.497 e. The molecular formula is C23H20F3N5O3S. The predicted octanol–water partition coefficient (Wildman–Crippen LogP) is 4.29. The lowest BCUT2D eigenvalue weighted by atomic mass is 10.2. The molecule has 182 valence electrons. The second-order valence-electron chi connectivity index (χ2n) is 7.13. The fourth-order valence-corrected chi connectivity index (χ4v) is 3.80. The van der Waals surface area contributed by atoms with E-state index in [9.17, 15) is 18.0 Å². The van der Waals surface area contributed by atoms with Gasteiger partial charge in [-0.25, -0.2) is 0 Å². The third kappa shape index (κ3) is 6.33. The van der Waals surface area contributed by atoms with E-state index in [1.165, 1.54) is 30.7 Å². The molecule has 1 aromatic heterocycles. The van der Waals surface area contributed by atoms with Crippen LogP contribution in [0.4, 0.5) is 13.2 Å². The van der Waals surface area contributed by atoms with Crippen molar-refractivity contribution >= 4 is 17.5 Å². The lowest BCUT2D eigenvalue weighted by Gasteiger charge is -2.13. The van der Waals surface area contributed by atoms with Crippen LogP contribution in [0.3, 0.4) is 0 Å². The molecule has 0 aliphatic carbocycles. The molecule has 0 atom stereocenters. The van der Waals surface area contributed by atoms with Gasteiger partial charge in [0.2, 0.25) is 0 Å². The predicted molar refractivity (Wildman–Crippen MR) is 122 cm³/mol. The lowest BCUT2D eigenvalue weighted by Crippen LogP contribution is -2.12. The molecule has 0 saturated heterocycles. The van der Waals surface area contributed by atoms with Crippen molar-refractivity contribution in [1.82, 2.24) is 14.8 Å². The summed E-state index contributed by atoms with van der Waals surface area (Å²) in [7, 11) is 1.53. The molecule has 0 saturated carbocycles. The number of nitrogens with zero attached hydrogens (tertiary/aromatic N) is 4. The highest BCUT2D eigenvalue weighted by Gasteiger charge is 2.31. The average molecular weight is 504 g/mol. The molecule has 0 unspecified atom stereocenters. The first kappa shape index (κ1) is 25.6. The van der Waals surface area contributed by atoms with E-state index in [0.29, 0.717) is 11.5 Å². The number of hydrogen-bond acceptors (Lipinski definition) is 8. The molecule has 0 aliphatic rings. The monoisotopic (exact) mass is 503 g/mol. The van der Waals surface area contributed by atoms with Crippen LogP contribution in [-0.2, 0) is 17.6 Å². The largest absolute Gasteiger partial charge is 0.497 e. The minimum absolute atomic E-state index is 0.0750. The zero-order valence-electron chi connectivity index (χ0n) is 18.7. The Morgan fingerprint density at radius 3 is 2.46 bits per heavy atom. The molecule has 0 spiro atoms. The van der Waals surface area contributed by atoms with Gasteiger partial charge in [0, 0.05) is 5.70 Å². The first-order chi connectivity index (χ1) is 16.6. The Morgan fingerprint density at radius 2 is 1.86 bits per heavy atom. The minimum atomic E-state index is -4.56. The molecular weight excluding hydrogens is 483 g/mol. The van der Waals surface area contributed by atoms with Crippen molar-refractivity contribution < 1.29 is 27.4 Å². The number of methoxy groups -OCH3 is 1. The highest BCUT2D eigenvalue weighted by atomic mass is 32.2. The van der Waals surface area contributed by atoms with Gasteiger partial charge >= 0.3 is 6.18 Å². The van der Waals surface area contributed by atoms with E-state index in [1.807, 2.05) is 0 Å². The molecule has 3 rings (SSSR count). The van der Waals surface area contributed by atoms with E-state index in [1.54, 1.807) is 30.3 Å². The summed E-state index contributed by atoms with van der Waals surface area (Å²) in [6.45, 7) is 1.32. The standard InChI is InChI=1S/C23H20F3N5O3S/c1-14(28)19(11-27)20(32)13-35-22-30-29-21(12-34-18-8-6-17(33-2)7-9-18)31(22)16-5-3-4-15(10-16)23(24,25)26/h3-10H,12-13,28H2,1-2H3/b19-14+. The van der Waals surface area contributed by atoms with Crippen molar-refractivity contribution in [1.29, 1.82) is 5.26 Å². The third-order valence-corrected chi connectivity index (χ3v) is 5.61. The quantitative estimate of drug-likeness (QED) is 0.261. The number of hydrogen-bond donors (Lipinski definition) is 1.